The van der Waals surface area contributed by atoms with Crippen molar-refractivity contribution in [2.75, 3.05) is 58.4 Å². The van der Waals surface area contributed by atoms with Gasteiger partial charge in [0.05, 0.1) is 13.2 Å². The quantitative estimate of drug-likeness (QED) is 0.727. The van der Waals surface area contributed by atoms with E-state index in [0.717, 1.165) is 52.5 Å². The lowest BCUT2D eigenvalue weighted by molar-refractivity contribution is 0.122. The molecule has 1 saturated heterocycles. The minimum absolute atomic E-state index is 0.825. The Morgan fingerprint density at radius 3 is 2.12 bits per heavy atom. The van der Waals surface area contributed by atoms with E-state index in [9.17, 15) is 0 Å². The van der Waals surface area contributed by atoms with Crippen LogP contribution in [0.5, 0.6) is 0 Å². The van der Waals surface area contributed by atoms with E-state index in [1.54, 1.807) is 0 Å². The lowest BCUT2D eigenvalue weighted by Crippen LogP contribution is -2.36. The molecule has 1 aliphatic heterocycles. The summed E-state index contributed by atoms with van der Waals surface area (Å²) in [6.45, 7) is 7.61. The number of pyridine rings is 1. The minimum Gasteiger partial charge on any atom is -0.378 e. The summed E-state index contributed by atoms with van der Waals surface area (Å²) in [6.07, 6.45) is 3.74. The Balaban J connectivity index is 1.63. The number of aromatic nitrogens is 1. The molecule has 0 atom stereocenters. The highest BCUT2D eigenvalue weighted by atomic mass is 16.5. The van der Waals surface area contributed by atoms with Crippen LogP contribution in [0.4, 0.5) is 5.69 Å². The van der Waals surface area contributed by atoms with E-state index >= 15 is 0 Å². The van der Waals surface area contributed by atoms with Crippen molar-refractivity contribution in [1.82, 2.24) is 14.8 Å². The molecule has 140 valence electrons. The van der Waals surface area contributed by atoms with Gasteiger partial charge in [0, 0.05) is 57.3 Å². The van der Waals surface area contributed by atoms with Gasteiger partial charge < -0.3 is 14.5 Å². The molecule has 26 heavy (non-hydrogen) atoms. The van der Waals surface area contributed by atoms with Gasteiger partial charge in [0.1, 0.15) is 0 Å². The first-order chi connectivity index (χ1) is 12.7. The normalized spacial score (nSPS) is 15.0. The van der Waals surface area contributed by atoms with Gasteiger partial charge in [-0.25, -0.2) is 0 Å². The summed E-state index contributed by atoms with van der Waals surface area (Å²) in [4.78, 5) is 11.3. The smallest absolute Gasteiger partial charge is 0.0642 e. The summed E-state index contributed by atoms with van der Waals surface area (Å²) in [5.74, 6) is 0. The topological polar surface area (TPSA) is 31.8 Å². The number of hydrogen-bond acceptors (Lipinski definition) is 5. The molecular formula is C21H30N4O. The van der Waals surface area contributed by atoms with Gasteiger partial charge >= 0.3 is 0 Å². The van der Waals surface area contributed by atoms with E-state index in [2.05, 4.69) is 70.2 Å². The van der Waals surface area contributed by atoms with Crippen molar-refractivity contribution >= 4 is 5.69 Å². The zero-order valence-electron chi connectivity index (χ0n) is 16.0. The molecule has 0 N–H and O–H groups in total. The van der Waals surface area contributed by atoms with E-state index in [1.807, 2.05) is 12.4 Å². The maximum atomic E-state index is 5.44. The van der Waals surface area contributed by atoms with E-state index in [0.29, 0.717) is 0 Å². The Morgan fingerprint density at radius 2 is 1.50 bits per heavy atom. The highest BCUT2D eigenvalue weighted by Gasteiger charge is 2.12. The second kappa shape index (κ2) is 9.67. The van der Waals surface area contributed by atoms with Crippen molar-refractivity contribution in [3.8, 4) is 0 Å². The predicted molar refractivity (Wildman–Crippen MR) is 106 cm³/mol. The third-order valence-electron chi connectivity index (χ3n) is 4.74. The number of morpholine rings is 1. The number of rotatable bonds is 8. The second-order valence-corrected chi connectivity index (χ2v) is 7.14. The molecule has 5 heteroatoms. The van der Waals surface area contributed by atoms with Crippen LogP contribution in [0.2, 0.25) is 0 Å². The van der Waals surface area contributed by atoms with Crippen LogP contribution in [0.15, 0.2) is 48.8 Å². The first-order valence-corrected chi connectivity index (χ1v) is 9.38. The monoisotopic (exact) mass is 354 g/mol. The van der Waals surface area contributed by atoms with Crippen LogP contribution in [-0.2, 0) is 17.8 Å². The Hall–Kier alpha value is -1.95. The fourth-order valence-corrected chi connectivity index (χ4v) is 3.19. The third-order valence-corrected chi connectivity index (χ3v) is 4.74. The van der Waals surface area contributed by atoms with E-state index in [1.165, 1.54) is 16.8 Å². The van der Waals surface area contributed by atoms with E-state index in [-0.39, 0.29) is 0 Å². The maximum absolute atomic E-state index is 5.44. The molecule has 0 spiro atoms. The van der Waals surface area contributed by atoms with Crippen molar-refractivity contribution < 1.29 is 4.74 Å². The molecule has 0 amide bonds. The van der Waals surface area contributed by atoms with Gasteiger partial charge in [-0.1, -0.05) is 12.1 Å². The summed E-state index contributed by atoms with van der Waals surface area (Å²) in [6, 6.07) is 13.2. The van der Waals surface area contributed by atoms with Crippen LogP contribution in [0.25, 0.3) is 0 Å². The van der Waals surface area contributed by atoms with Crippen molar-refractivity contribution in [2.24, 2.45) is 0 Å². The highest BCUT2D eigenvalue weighted by Crippen LogP contribution is 2.18. The van der Waals surface area contributed by atoms with Crippen LogP contribution in [0.1, 0.15) is 11.1 Å². The summed E-state index contributed by atoms with van der Waals surface area (Å²) < 4.78 is 5.44. The van der Waals surface area contributed by atoms with Crippen molar-refractivity contribution in [3.63, 3.8) is 0 Å². The summed E-state index contributed by atoms with van der Waals surface area (Å²) in [7, 11) is 4.25. The van der Waals surface area contributed by atoms with Gasteiger partial charge in [0.15, 0.2) is 0 Å². The standard InChI is InChI=1S/C21H30N4O/c1-23(2)11-12-24(18-20-7-9-22-10-8-20)17-19-3-5-21(6-4-19)25-13-15-26-16-14-25/h3-10H,11-18H2,1-2H3. The molecule has 1 aromatic heterocycles. The fourth-order valence-electron chi connectivity index (χ4n) is 3.19. The third kappa shape index (κ3) is 5.80. The lowest BCUT2D eigenvalue weighted by Gasteiger charge is -2.29. The molecule has 0 unspecified atom stereocenters. The minimum atomic E-state index is 0.825. The average molecular weight is 354 g/mol. The molecule has 2 aromatic rings. The molecule has 3 rings (SSSR count). The van der Waals surface area contributed by atoms with Gasteiger partial charge in [-0.2, -0.15) is 0 Å². The molecule has 1 fully saturated rings. The number of hydrogen-bond donors (Lipinski definition) is 0. The van der Waals surface area contributed by atoms with Crippen LogP contribution < -0.4 is 4.90 Å². The molecule has 0 bridgehead atoms. The van der Waals surface area contributed by atoms with Crippen molar-refractivity contribution in [3.05, 3.63) is 59.9 Å². The predicted octanol–water partition coefficient (Wildman–Crippen LogP) is 2.48. The van der Waals surface area contributed by atoms with Gasteiger partial charge in [0.25, 0.3) is 0 Å². The molecule has 1 aliphatic rings. The molecular weight excluding hydrogens is 324 g/mol. The Kier molecular flexibility index (Phi) is 7.00. The first-order valence-electron chi connectivity index (χ1n) is 9.38. The first kappa shape index (κ1) is 18.8. The van der Waals surface area contributed by atoms with Gasteiger partial charge in [0.2, 0.25) is 0 Å². The summed E-state index contributed by atoms with van der Waals surface area (Å²) in [5.41, 5.74) is 3.96. The molecule has 0 aliphatic carbocycles. The van der Waals surface area contributed by atoms with Crippen LogP contribution in [0.3, 0.4) is 0 Å². The summed E-state index contributed by atoms with van der Waals surface area (Å²) in [5, 5.41) is 0. The van der Waals surface area contributed by atoms with Crippen LogP contribution >= 0.6 is 0 Å². The lowest BCUT2D eigenvalue weighted by atomic mass is 10.1. The number of nitrogens with zero attached hydrogens (tertiary/aromatic N) is 4. The summed E-state index contributed by atoms with van der Waals surface area (Å²) >= 11 is 0. The van der Waals surface area contributed by atoms with Crippen LogP contribution in [0, 0.1) is 0 Å². The Labute approximate surface area is 157 Å². The molecule has 0 saturated carbocycles. The van der Waals surface area contributed by atoms with E-state index < -0.39 is 0 Å². The largest absolute Gasteiger partial charge is 0.378 e. The number of benzene rings is 1. The number of ether oxygens (including phenoxy) is 1. The zero-order valence-corrected chi connectivity index (χ0v) is 16.0. The SMILES string of the molecule is CN(C)CCN(Cc1ccncc1)Cc1ccc(N2CCOCC2)cc1. The molecule has 2 heterocycles. The zero-order chi connectivity index (χ0) is 18.2. The van der Waals surface area contributed by atoms with Crippen molar-refractivity contribution in [2.45, 2.75) is 13.1 Å². The van der Waals surface area contributed by atoms with Gasteiger partial charge in [-0.3, -0.25) is 9.88 Å². The maximum Gasteiger partial charge on any atom is 0.0642 e. The Bertz CT molecular complexity index is 639. The molecule has 1 aromatic carbocycles. The molecule has 0 radical (unpaired) electrons. The highest BCUT2D eigenvalue weighted by molar-refractivity contribution is 5.47. The van der Waals surface area contributed by atoms with Gasteiger partial charge in [-0.15, -0.1) is 0 Å². The van der Waals surface area contributed by atoms with E-state index in [4.69, 9.17) is 4.74 Å². The average Bonchev–Trinajstić information content (AvgIpc) is 2.68. The Morgan fingerprint density at radius 1 is 0.885 bits per heavy atom. The van der Waals surface area contributed by atoms with Crippen molar-refractivity contribution in [1.29, 1.82) is 0 Å². The second-order valence-electron chi connectivity index (χ2n) is 7.14. The van der Waals surface area contributed by atoms with Crippen LogP contribution in [-0.4, -0.2) is 68.3 Å². The number of likely N-dealkylation sites (N-methyl/N-ethyl adjacent to an activating group) is 1. The number of anilines is 1. The van der Waals surface area contributed by atoms with Gasteiger partial charge in [-0.05, 0) is 49.5 Å². The molecule has 5 nitrogen and oxygen atoms in total. The fraction of sp³-hybridized carbons (Fsp3) is 0.476.